The number of fused-ring (bicyclic) bond motifs is 30. The van der Waals surface area contributed by atoms with Gasteiger partial charge < -0.3 is 18.6 Å². The van der Waals surface area contributed by atoms with Crippen LogP contribution in [0.25, 0.3) is 201 Å². The number of benzene rings is 20. The summed E-state index contributed by atoms with van der Waals surface area (Å²) in [6, 6.07) is 164. The van der Waals surface area contributed by atoms with Gasteiger partial charge >= 0.3 is 0 Å². The maximum absolute atomic E-state index is 6.97. The minimum absolute atomic E-state index is 0.174. The second-order valence-electron chi connectivity index (χ2n) is 40.1. The Hall–Kier alpha value is -18.4. The van der Waals surface area contributed by atoms with Crippen LogP contribution in [0.1, 0.15) is 94.5 Å². The number of rotatable bonds is 11. The summed E-state index contributed by atoms with van der Waals surface area (Å²) in [5.74, 6) is 6.82. The van der Waals surface area contributed by atoms with Gasteiger partial charge in [0.05, 0.1) is 32.9 Å². The lowest BCUT2D eigenvalue weighted by molar-refractivity contribution is 0.436. The zero-order valence-corrected chi connectivity index (χ0v) is 79.1. The molecule has 0 bridgehead atoms. The summed E-state index contributed by atoms with van der Waals surface area (Å²) < 4.78 is 18.8. The van der Waals surface area contributed by atoms with Gasteiger partial charge in [0.2, 0.25) is 0 Å². The molecule has 674 valence electrons. The van der Waals surface area contributed by atoms with Gasteiger partial charge in [-0.2, -0.15) is 0 Å². The molecular formula is C134H86N8O2. The Morgan fingerprint density at radius 1 is 0.174 bits per heavy atom. The molecule has 30 rings (SSSR count). The molecule has 0 fully saturated rings. The van der Waals surface area contributed by atoms with E-state index in [0.717, 1.165) is 179 Å². The SMILES string of the molecule is CC1(C)c2cc(-c3ccc4c(c3)-c3c(-c5nc(-c6ccccc6)nc(-c6ccccc6)n5)cccc3C43c4ccccc4Oc4ccccc43)ccc2-c2cc3c4ccccc4n(-c4cccc(-c5cccc(-c6nc(-c7ccccc7)nc(-c7cccc8c7-c7cc(-c9ccc%10c(c9)c9cc%11c(cc9n%10-c9ccccc9)C(C)(C)c9ccccc9-%11)ccc7C87c8ccccc8Oc8ccccc87)n6)c5)c4)c3cc21. The molecule has 6 aliphatic rings. The first-order valence-electron chi connectivity index (χ1n) is 49.6. The first kappa shape index (κ1) is 81.6. The van der Waals surface area contributed by atoms with Crippen LogP contribution in [-0.2, 0) is 21.7 Å². The number of hydrogen-bond acceptors (Lipinski definition) is 8. The van der Waals surface area contributed by atoms with Gasteiger partial charge in [0.15, 0.2) is 34.9 Å². The lowest BCUT2D eigenvalue weighted by atomic mass is 9.66. The van der Waals surface area contributed by atoms with Crippen molar-refractivity contribution in [1.82, 2.24) is 39.0 Å². The van der Waals surface area contributed by atoms with Crippen molar-refractivity contribution in [1.29, 1.82) is 0 Å². The van der Waals surface area contributed by atoms with Crippen molar-refractivity contribution in [3.8, 4) is 181 Å². The van der Waals surface area contributed by atoms with Crippen molar-refractivity contribution in [2.45, 2.75) is 49.4 Å². The maximum Gasteiger partial charge on any atom is 0.164 e. The van der Waals surface area contributed by atoms with E-state index >= 15 is 0 Å². The summed E-state index contributed by atoms with van der Waals surface area (Å²) in [5, 5.41) is 4.79. The Kier molecular flexibility index (Phi) is 17.3. The Morgan fingerprint density at radius 2 is 0.507 bits per heavy atom. The monoisotopic (exact) mass is 1840 g/mol. The molecule has 2 aliphatic heterocycles. The van der Waals surface area contributed by atoms with Gasteiger partial charge in [0.25, 0.3) is 0 Å². The van der Waals surface area contributed by atoms with Crippen LogP contribution >= 0.6 is 0 Å². The summed E-state index contributed by atoms with van der Waals surface area (Å²) in [4.78, 5) is 32.9. The van der Waals surface area contributed by atoms with Gasteiger partial charge in [-0.15, -0.1) is 0 Å². The fourth-order valence-electron chi connectivity index (χ4n) is 25.5. The van der Waals surface area contributed by atoms with E-state index in [4.69, 9.17) is 39.4 Å². The minimum atomic E-state index is -0.798. The number of ether oxygens (including phenoxy) is 2. The van der Waals surface area contributed by atoms with Crippen LogP contribution in [0, 0.1) is 0 Å². The second-order valence-corrected chi connectivity index (χ2v) is 40.1. The summed E-state index contributed by atoms with van der Waals surface area (Å²) in [6.45, 7) is 9.55. The highest BCUT2D eigenvalue weighted by Gasteiger charge is 2.55. The van der Waals surface area contributed by atoms with Crippen molar-refractivity contribution in [2.75, 3.05) is 0 Å². The van der Waals surface area contributed by atoms with Crippen molar-refractivity contribution >= 4 is 43.6 Å². The molecule has 20 aromatic carbocycles. The van der Waals surface area contributed by atoms with Gasteiger partial charge in [-0.05, 0) is 238 Å². The highest BCUT2D eigenvalue weighted by Crippen LogP contribution is 2.67. The van der Waals surface area contributed by atoms with E-state index in [1.54, 1.807) is 0 Å². The van der Waals surface area contributed by atoms with E-state index in [-0.39, 0.29) is 5.41 Å². The van der Waals surface area contributed by atoms with E-state index in [2.05, 4.69) is 443 Å². The van der Waals surface area contributed by atoms with Crippen LogP contribution in [0.5, 0.6) is 23.0 Å². The second kappa shape index (κ2) is 30.6. The molecule has 0 atom stereocenters. The molecule has 10 heteroatoms. The third kappa shape index (κ3) is 11.6. The van der Waals surface area contributed by atoms with E-state index in [9.17, 15) is 0 Å². The summed E-state index contributed by atoms with van der Waals surface area (Å²) >= 11 is 0. The maximum atomic E-state index is 6.97. The third-order valence-corrected chi connectivity index (χ3v) is 32.0. The number of nitrogens with zero attached hydrogens (tertiary/aromatic N) is 8. The van der Waals surface area contributed by atoms with Gasteiger partial charge in [-0.25, -0.2) is 29.9 Å². The molecular weight excluding hydrogens is 1750 g/mol. The number of para-hydroxylation sites is 6. The molecule has 0 saturated carbocycles. The van der Waals surface area contributed by atoms with Crippen molar-refractivity contribution in [3.05, 3.63) is 516 Å². The van der Waals surface area contributed by atoms with E-state index in [0.29, 0.717) is 34.9 Å². The van der Waals surface area contributed by atoms with Gasteiger partial charge in [0.1, 0.15) is 23.0 Å². The zero-order valence-electron chi connectivity index (χ0n) is 79.1. The molecule has 6 heterocycles. The highest BCUT2D eigenvalue weighted by molar-refractivity contribution is 6.15. The van der Waals surface area contributed by atoms with E-state index in [1.165, 1.54) is 77.1 Å². The van der Waals surface area contributed by atoms with Gasteiger partial charge in [0, 0.05) is 99.4 Å². The van der Waals surface area contributed by atoms with Crippen LogP contribution in [0.3, 0.4) is 0 Å². The minimum Gasteiger partial charge on any atom is -0.457 e. The molecule has 0 radical (unpaired) electrons. The van der Waals surface area contributed by atoms with Crippen LogP contribution < -0.4 is 9.47 Å². The van der Waals surface area contributed by atoms with Crippen molar-refractivity contribution in [3.63, 3.8) is 0 Å². The molecule has 2 spiro atoms. The summed E-state index contributed by atoms with van der Waals surface area (Å²) in [6.07, 6.45) is 0. The standard InChI is InChI=1S/C134H86N8O2/c1-131(2)103-49-19-17-45-91(103)96-76-100-98-71-86(64-68-116(98)141(118(100)77-113(96)131)89-42-15-8-16-43-89)84-62-66-104-101(72-84)124-95(48-32-55-111(124)133(104)106-50-20-25-57-119(106)143-120-58-26-21-51-107(120)133)130-139-127(81-37-13-7-14-38-81)136-128(140-130)88-41-29-39-82(69-88)83-40-30-44-90(70-83)142-115-56-24-18-46-93(115)99-75-97-92-65-61-87(74-112(92)132(3,4)114(97)78-117(99)142)85-63-67-105-102(73-85)123-94(129-137-125(79-33-9-5-10-34-79)135-126(138-129)80-35-11-6-12-36-80)47-31-54-110(123)134(105)108-52-22-27-59-121(108)144-122-60-28-23-53-109(122)134/h5-78H,1-4H3. The fourth-order valence-corrected chi connectivity index (χ4v) is 25.5. The average molecular weight is 1840 g/mol. The summed E-state index contributed by atoms with van der Waals surface area (Å²) in [7, 11) is 0. The molecule has 0 N–H and O–H groups in total. The molecule has 0 unspecified atom stereocenters. The average Bonchev–Trinajstić information content (AvgIpc) is 1.49. The van der Waals surface area contributed by atoms with Crippen LogP contribution in [0.15, 0.2) is 449 Å². The van der Waals surface area contributed by atoms with Crippen LogP contribution in [0.2, 0.25) is 0 Å². The van der Waals surface area contributed by atoms with Crippen molar-refractivity contribution in [2.24, 2.45) is 0 Å². The first-order chi connectivity index (χ1) is 70.9. The Labute approximate surface area is 832 Å². The van der Waals surface area contributed by atoms with E-state index in [1.807, 2.05) is 42.5 Å². The zero-order chi connectivity index (χ0) is 95.2. The largest absolute Gasteiger partial charge is 0.457 e. The van der Waals surface area contributed by atoms with Gasteiger partial charge in [-0.3, -0.25) is 0 Å². The molecule has 24 aromatic rings. The lowest BCUT2D eigenvalue weighted by Gasteiger charge is -2.39. The predicted molar refractivity (Wildman–Crippen MR) is 581 cm³/mol. The third-order valence-electron chi connectivity index (χ3n) is 32.0. The number of hydrogen-bond donors (Lipinski definition) is 0. The molecule has 10 nitrogen and oxygen atoms in total. The Morgan fingerprint density at radius 3 is 1.04 bits per heavy atom. The fraction of sp³-hybridized carbons (Fsp3) is 0.0597. The van der Waals surface area contributed by atoms with Crippen molar-refractivity contribution < 1.29 is 9.47 Å². The van der Waals surface area contributed by atoms with Crippen LogP contribution in [0.4, 0.5) is 0 Å². The van der Waals surface area contributed by atoms with Crippen LogP contribution in [-0.4, -0.2) is 39.0 Å². The Bertz CT molecular complexity index is 9520. The number of aromatic nitrogens is 8. The molecule has 144 heavy (non-hydrogen) atoms. The topological polar surface area (TPSA) is 106 Å². The molecule has 4 aromatic heterocycles. The van der Waals surface area contributed by atoms with Gasteiger partial charge in [-0.1, -0.05) is 361 Å². The quantitative estimate of drug-likeness (QED) is 0.126. The molecule has 4 aliphatic carbocycles. The highest BCUT2D eigenvalue weighted by atomic mass is 16.5. The summed E-state index contributed by atoms with van der Waals surface area (Å²) in [5.41, 5.74) is 40.2. The molecule has 0 saturated heterocycles. The molecule has 0 amide bonds. The lowest BCUT2D eigenvalue weighted by Crippen LogP contribution is -2.32. The smallest absolute Gasteiger partial charge is 0.164 e. The normalized spacial score (nSPS) is 14.2. The predicted octanol–water partition coefficient (Wildman–Crippen LogP) is 32.8. The van der Waals surface area contributed by atoms with E-state index < -0.39 is 16.2 Å². The first-order valence-corrected chi connectivity index (χ1v) is 49.6. The Balaban J connectivity index is 0.532.